The van der Waals surface area contributed by atoms with Crippen molar-refractivity contribution < 1.29 is 9.59 Å². The molecule has 4 bridgehead atoms. The smallest absolute Gasteiger partial charge is 0.320 e. The van der Waals surface area contributed by atoms with Crippen LogP contribution in [0.5, 0.6) is 0 Å². The number of urea groups is 1. The van der Waals surface area contributed by atoms with Gasteiger partial charge in [-0.05, 0) is 55.1 Å². The molecule has 34 heavy (non-hydrogen) atoms. The Morgan fingerprint density at radius 3 is 2.71 bits per heavy atom. The number of thiazole rings is 2. The van der Waals surface area contributed by atoms with Crippen LogP contribution in [0.3, 0.4) is 0 Å². The summed E-state index contributed by atoms with van der Waals surface area (Å²) in [5.74, 6) is 1.77. The van der Waals surface area contributed by atoms with Crippen molar-refractivity contribution >= 4 is 51.2 Å². The number of carbonyl (C=O) groups is 2. The minimum absolute atomic E-state index is 0.173. The lowest BCUT2D eigenvalue weighted by atomic mass is 9.79. The van der Waals surface area contributed by atoms with Crippen molar-refractivity contribution in [2.45, 2.75) is 32.6 Å². The maximum absolute atomic E-state index is 13.4. The Bertz CT molecular complexity index is 1320. The van der Waals surface area contributed by atoms with Crippen molar-refractivity contribution in [3.63, 3.8) is 0 Å². The predicted octanol–water partition coefficient (Wildman–Crippen LogP) is 5.03. The zero-order chi connectivity index (χ0) is 23.7. The first-order valence-corrected chi connectivity index (χ1v) is 13.1. The van der Waals surface area contributed by atoms with Crippen LogP contribution in [0.25, 0.3) is 21.1 Å². The SMILES string of the molecule is CNC(=O)Nc1nc(N)c(-c2nc(-c3cccc(NC(=O)[C@@]45C[C@@H]6C[C@@H]4CC6(C)C5)c3)cs2)s1. The number of anilines is 3. The van der Waals surface area contributed by atoms with Gasteiger partial charge >= 0.3 is 6.03 Å². The second-order valence-corrected chi connectivity index (χ2v) is 11.9. The number of nitrogen functional groups attached to an aromatic ring is 1. The van der Waals surface area contributed by atoms with Gasteiger partial charge in [-0.3, -0.25) is 10.1 Å². The van der Waals surface area contributed by atoms with Gasteiger partial charge in [-0.1, -0.05) is 30.4 Å². The van der Waals surface area contributed by atoms with Crippen LogP contribution in [0.2, 0.25) is 0 Å². The fraction of sp³-hybridized carbons (Fsp3) is 0.417. The third-order valence-corrected chi connectivity index (χ3v) is 10.0. The number of amides is 3. The van der Waals surface area contributed by atoms with Crippen LogP contribution in [0, 0.1) is 22.7 Å². The van der Waals surface area contributed by atoms with Gasteiger partial charge in [0.05, 0.1) is 11.1 Å². The summed E-state index contributed by atoms with van der Waals surface area (Å²) >= 11 is 2.75. The molecule has 1 aromatic carbocycles. The van der Waals surface area contributed by atoms with Crippen LogP contribution in [-0.2, 0) is 4.79 Å². The number of carbonyl (C=O) groups excluding carboxylic acids is 2. The highest BCUT2D eigenvalue weighted by Crippen LogP contribution is 2.75. The number of nitrogens with two attached hydrogens (primary N) is 1. The summed E-state index contributed by atoms with van der Waals surface area (Å²) in [6.45, 7) is 2.37. The summed E-state index contributed by atoms with van der Waals surface area (Å²) in [6, 6.07) is 7.50. The highest BCUT2D eigenvalue weighted by Gasteiger charge is 2.71. The summed E-state index contributed by atoms with van der Waals surface area (Å²) in [7, 11) is 1.54. The van der Waals surface area contributed by atoms with E-state index in [4.69, 9.17) is 10.7 Å². The first kappa shape index (κ1) is 21.5. The summed E-state index contributed by atoms with van der Waals surface area (Å²) in [5, 5.41) is 11.5. The summed E-state index contributed by atoms with van der Waals surface area (Å²) < 4.78 is 0. The van der Waals surface area contributed by atoms with Gasteiger partial charge in [0.15, 0.2) is 5.13 Å². The molecule has 8 nitrogen and oxygen atoms in total. The van der Waals surface area contributed by atoms with Gasteiger partial charge in [0.1, 0.15) is 15.7 Å². The molecule has 1 unspecified atom stereocenters. The van der Waals surface area contributed by atoms with E-state index in [0.29, 0.717) is 28.2 Å². The summed E-state index contributed by atoms with van der Waals surface area (Å²) in [6.07, 6.45) is 4.49. The summed E-state index contributed by atoms with van der Waals surface area (Å²) in [5.41, 5.74) is 8.81. The topological polar surface area (TPSA) is 122 Å². The standard InChI is InChI=1S/C24H26N6O2S2/c1-23-8-14-7-13(23)9-24(14,11-23)20(31)27-15-5-3-4-12(6-15)16-10-33-19(28-16)17-18(25)29-22(34-17)30-21(32)26-2/h3-6,10,13-14H,7-9,11,25H2,1-2H3,(H,27,31)(H2,26,29,30,32)/t13-,14+,23?,24+/m0/s1. The van der Waals surface area contributed by atoms with E-state index >= 15 is 0 Å². The molecule has 10 heteroatoms. The largest absolute Gasteiger partial charge is 0.382 e. The van der Waals surface area contributed by atoms with Crippen LogP contribution in [0.15, 0.2) is 29.6 Å². The molecule has 4 atom stereocenters. The minimum Gasteiger partial charge on any atom is -0.382 e. The first-order chi connectivity index (χ1) is 16.3. The van der Waals surface area contributed by atoms with Gasteiger partial charge in [0.2, 0.25) is 5.91 Å². The quantitative estimate of drug-likeness (QED) is 0.396. The molecule has 7 rings (SSSR count). The highest BCUT2D eigenvalue weighted by molar-refractivity contribution is 7.23. The number of aromatic nitrogens is 2. The van der Waals surface area contributed by atoms with Crippen LogP contribution >= 0.6 is 22.7 Å². The normalized spacial score (nSPS) is 28.4. The molecule has 5 N–H and O–H groups in total. The second kappa shape index (κ2) is 7.51. The molecule has 0 aliphatic heterocycles. The van der Waals surface area contributed by atoms with Crippen molar-refractivity contribution in [1.29, 1.82) is 0 Å². The third kappa shape index (κ3) is 3.23. The van der Waals surface area contributed by atoms with Gasteiger partial charge in [0.25, 0.3) is 0 Å². The lowest BCUT2D eigenvalue weighted by molar-refractivity contribution is -0.126. The molecule has 0 spiro atoms. The van der Waals surface area contributed by atoms with Crippen molar-refractivity contribution in [2.75, 3.05) is 23.4 Å². The second-order valence-electron chi connectivity index (χ2n) is 10.0. The molecule has 3 aromatic rings. The van der Waals surface area contributed by atoms with Crippen LogP contribution in [0.4, 0.5) is 21.4 Å². The van der Waals surface area contributed by atoms with E-state index in [1.165, 1.54) is 42.6 Å². The number of benzene rings is 1. The average molecular weight is 495 g/mol. The highest BCUT2D eigenvalue weighted by atomic mass is 32.1. The molecule has 2 heterocycles. The Balaban J connectivity index is 1.21. The van der Waals surface area contributed by atoms with Crippen molar-refractivity contribution in [2.24, 2.45) is 22.7 Å². The number of hydrogen-bond acceptors (Lipinski definition) is 7. The zero-order valence-corrected chi connectivity index (χ0v) is 20.6. The van der Waals surface area contributed by atoms with E-state index in [1.54, 1.807) is 0 Å². The maximum atomic E-state index is 13.4. The molecule has 4 saturated carbocycles. The monoisotopic (exact) mass is 494 g/mol. The Hall–Kier alpha value is -2.98. The van der Waals surface area contributed by atoms with Gasteiger partial charge in [-0.15, -0.1) is 11.3 Å². The van der Waals surface area contributed by atoms with Crippen molar-refractivity contribution in [3.05, 3.63) is 29.6 Å². The van der Waals surface area contributed by atoms with Crippen molar-refractivity contribution in [3.8, 4) is 21.1 Å². The van der Waals surface area contributed by atoms with Crippen LogP contribution < -0.4 is 21.7 Å². The van der Waals surface area contributed by atoms with E-state index in [1.807, 2.05) is 29.6 Å². The fourth-order valence-electron chi connectivity index (χ4n) is 6.53. The van der Waals surface area contributed by atoms with Crippen molar-refractivity contribution in [1.82, 2.24) is 15.3 Å². The number of rotatable bonds is 5. The van der Waals surface area contributed by atoms with Crippen LogP contribution in [0.1, 0.15) is 32.6 Å². The Morgan fingerprint density at radius 2 is 2.03 bits per heavy atom. The predicted molar refractivity (Wildman–Crippen MR) is 136 cm³/mol. The third-order valence-electron chi connectivity index (χ3n) is 8.05. The fourth-order valence-corrected chi connectivity index (χ4v) is 8.34. The Kier molecular flexibility index (Phi) is 4.76. The molecule has 4 aliphatic carbocycles. The van der Waals surface area contributed by atoms with E-state index in [9.17, 15) is 9.59 Å². The van der Waals surface area contributed by atoms with Gasteiger partial charge < -0.3 is 16.4 Å². The number of nitrogens with zero attached hydrogens (tertiary/aromatic N) is 2. The van der Waals surface area contributed by atoms with E-state index in [2.05, 4.69) is 27.9 Å². The minimum atomic E-state index is -0.351. The maximum Gasteiger partial charge on any atom is 0.320 e. The lowest BCUT2D eigenvalue weighted by Gasteiger charge is -2.27. The first-order valence-electron chi connectivity index (χ1n) is 11.4. The van der Waals surface area contributed by atoms with Gasteiger partial charge in [0, 0.05) is 23.7 Å². The van der Waals surface area contributed by atoms with E-state index in [-0.39, 0.29) is 17.4 Å². The molecular weight excluding hydrogens is 468 g/mol. The zero-order valence-electron chi connectivity index (χ0n) is 19.0. The molecule has 176 valence electrons. The molecule has 4 aliphatic rings. The average Bonchev–Trinajstić information content (AvgIpc) is 3.61. The number of hydrogen-bond donors (Lipinski definition) is 4. The van der Waals surface area contributed by atoms with Crippen LogP contribution in [-0.4, -0.2) is 29.0 Å². The number of nitrogens with one attached hydrogen (secondary N) is 3. The van der Waals surface area contributed by atoms with Gasteiger partial charge in [-0.2, -0.15) is 0 Å². The molecule has 0 radical (unpaired) electrons. The molecular formula is C24H26N6O2S2. The van der Waals surface area contributed by atoms with Gasteiger partial charge in [-0.25, -0.2) is 14.8 Å². The Morgan fingerprint density at radius 1 is 1.18 bits per heavy atom. The molecule has 3 amide bonds. The molecule has 0 saturated heterocycles. The molecule has 4 fully saturated rings. The Labute approximate surface area is 205 Å². The molecule has 2 aromatic heterocycles. The van der Waals surface area contributed by atoms with E-state index < -0.39 is 0 Å². The van der Waals surface area contributed by atoms with E-state index in [0.717, 1.165) is 39.7 Å². The lowest BCUT2D eigenvalue weighted by Crippen LogP contribution is -2.35. The summed E-state index contributed by atoms with van der Waals surface area (Å²) in [4.78, 5) is 34.6.